The second kappa shape index (κ2) is 8.99. The number of nitrogens with one attached hydrogen (secondary N) is 2. The van der Waals surface area contributed by atoms with Gasteiger partial charge in [0.1, 0.15) is 5.00 Å². The number of anilines is 1. The van der Waals surface area contributed by atoms with Crippen LogP contribution in [0, 0.1) is 12.8 Å². The van der Waals surface area contributed by atoms with E-state index in [1.54, 1.807) is 0 Å². The Labute approximate surface area is 152 Å². The number of aromatic carboxylic acids is 1. The molecule has 25 heavy (non-hydrogen) atoms. The maximum Gasteiger partial charge on any atom is 0.339 e. The average Bonchev–Trinajstić information content (AvgIpc) is 3.18. The molecule has 1 fully saturated rings. The number of rotatable bonds is 8. The van der Waals surface area contributed by atoms with Crippen molar-refractivity contribution in [1.29, 1.82) is 0 Å². The number of hydrogen-bond donors (Lipinski definition) is 3. The summed E-state index contributed by atoms with van der Waals surface area (Å²) in [5.41, 5.74) is 0.902. The van der Waals surface area contributed by atoms with E-state index in [0.29, 0.717) is 23.8 Å². The third-order valence-corrected chi connectivity index (χ3v) is 5.79. The maximum atomic E-state index is 12.0. The molecule has 1 aliphatic carbocycles. The van der Waals surface area contributed by atoms with E-state index in [1.807, 2.05) is 13.8 Å². The van der Waals surface area contributed by atoms with Crippen molar-refractivity contribution in [3.05, 3.63) is 16.0 Å². The van der Waals surface area contributed by atoms with E-state index in [9.17, 15) is 19.5 Å². The summed E-state index contributed by atoms with van der Waals surface area (Å²) in [6.07, 6.45) is 6.81. The van der Waals surface area contributed by atoms with E-state index < -0.39 is 11.9 Å². The van der Waals surface area contributed by atoms with Crippen LogP contribution in [0.2, 0.25) is 0 Å². The first-order valence-electron chi connectivity index (χ1n) is 8.84. The zero-order valence-electron chi connectivity index (χ0n) is 14.8. The topological polar surface area (TPSA) is 95.5 Å². The summed E-state index contributed by atoms with van der Waals surface area (Å²) in [6, 6.07) is 0. The molecule has 138 valence electrons. The van der Waals surface area contributed by atoms with Crippen molar-refractivity contribution < 1.29 is 19.5 Å². The Morgan fingerprint density at radius 1 is 1.20 bits per heavy atom. The molecule has 0 radical (unpaired) electrons. The lowest BCUT2D eigenvalue weighted by atomic mass is 10.0. The number of thiophene rings is 1. The fourth-order valence-electron chi connectivity index (χ4n) is 3.39. The molecule has 0 spiro atoms. The van der Waals surface area contributed by atoms with Gasteiger partial charge in [0.05, 0.1) is 12.1 Å². The SMILES string of the molecule is CCc1c(C)sc(NC(=O)CNC(=O)CCC2CCCC2)c1C(=O)O. The van der Waals surface area contributed by atoms with Crippen LogP contribution in [0.3, 0.4) is 0 Å². The first-order valence-corrected chi connectivity index (χ1v) is 9.66. The molecular weight excluding hydrogens is 340 g/mol. The Balaban J connectivity index is 1.83. The summed E-state index contributed by atoms with van der Waals surface area (Å²) in [5, 5.41) is 15.0. The number of aryl methyl sites for hydroxylation is 1. The van der Waals surface area contributed by atoms with Gasteiger partial charge in [-0.3, -0.25) is 9.59 Å². The Hall–Kier alpha value is -1.89. The Kier molecular flexibility index (Phi) is 6.99. The van der Waals surface area contributed by atoms with E-state index >= 15 is 0 Å². The van der Waals surface area contributed by atoms with Crippen LogP contribution in [0.4, 0.5) is 5.00 Å². The van der Waals surface area contributed by atoms with Gasteiger partial charge in [-0.15, -0.1) is 11.3 Å². The quantitative estimate of drug-likeness (QED) is 0.657. The third kappa shape index (κ3) is 5.29. The van der Waals surface area contributed by atoms with Gasteiger partial charge in [0.2, 0.25) is 11.8 Å². The molecule has 1 aromatic rings. The Bertz CT molecular complexity index is 648. The number of carboxylic acid groups (broad SMARTS) is 1. The molecule has 0 unspecified atom stereocenters. The van der Waals surface area contributed by atoms with Gasteiger partial charge in [0, 0.05) is 11.3 Å². The first-order chi connectivity index (χ1) is 11.9. The summed E-state index contributed by atoms with van der Waals surface area (Å²) in [5.74, 6) is -0.936. The Morgan fingerprint density at radius 3 is 2.48 bits per heavy atom. The van der Waals surface area contributed by atoms with Gasteiger partial charge < -0.3 is 15.7 Å². The van der Waals surface area contributed by atoms with Gasteiger partial charge in [-0.05, 0) is 31.2 Å². The molecule has 0 saturated heterocycles. The van der Waals surface area contributed by atoms with Crippen molar-refractivity contribution in [2.24, 2.45) is 5.92 Å². The van der Waals surface area contributed by atoms with Gasteiger partial charge >= 0.3 is 5.97 Å². The molecule has 6 nitrogen and oxygen atoms in total. The fraction of sp³-hybridized carbons (Fsp3) is 0.611. The fourth-order valence-corrected chi connectivity index (χ4v) is 4.54. The molecule has 7 heteroatoms. The highest BCUT2D eigenvalue weighted by Crippen LogP contribution is 2.33. The van der Waals surface area contributed by atoms with E-state index in [4.69, 9.17) is 0 Å². The third-order valence-electron chi connectivity index (χ3n) is 4.73. The molecule has 0 bridgehead atoms. The molecule has 1 aromatic heterocycles. The molecule has 2 rings (SSSR count). The minimum absolute atomic E-state index is 0.128. The molecule has 0 atom stereocenters. The highest BCUT2D eigenvalue weighted by atomic mass is 32.1. The first kappa shape index (κ1) is 19.4. The minimum atomic E-state index is -1.04. The lowest BCUT2D eigenvalue weighted by Gasteiger charge is -2.09. The molecular formula is C18H26N2O4S. The maximum absolute atomic E-state index is 12.0. The van der Waals surface area contributed by atoms with Crippen LogP contribution < -0.4 is 10.6 Å². The minimum Gasteiger partial charge on any atom is -0.478 e. The lowest BCUT2D eigenvalue weighted by Crippen LogP contribution is -2.33. The van der Waals surface area contributed by atoms with Crippen LogP contribution in [-0.4, -0.2) is 29.4 Å². The summed E-state index contributed by atoms with van der Waals surface area (Å²) in [6.45, 7) is 3.59. The van der Waals surface area contributed by atoms with Crippen LogP contribution in [0.1, 0.15) is 66.2 Å². The van der Waals surface area contributed by atoms with Crippen LogP contribution >= 0.6 is 11.3 Å². The molecule has 1 aliphatic rings. The summed E-state index contributed by atoms with van der Waals surface area (Å²) >= 11 is 1.26. The van der Waals surface area contributed by atoms with Crippen molar-refractivity contribution >= 4 is 34.1 Å². The monoisotopic (exact) mass is 366 g/mol. The van der Waals surface area contributed by atoms with E-state index in [0.717, 1.165) is 16.9 Å². The second-order valence-corrected chi connectivity index (χ2v) is 7.74. The number of hydrogen-bond acceptors (Lipinski definition) is 4. The molecule has 1 heterocycles. The number of carbonyl (C=O) groups excluding carboxylic acids is 2. The highest BCUT2D eigenvalue weighted by Gasteiger charge is 2.22. The van der Waals surface area contributed by atoms with Gasteiger partial charge in [-0.2, -0.15) is 0 Å². The zero-order valence-corrected chi connectivity index (χ0v) is 15.6. The standard InChI is InChI=1S/C18H26N2O4S/c1-3-13-11(2)25-17(16(13)18(23)24)20-15(22)10-19-14(21)9-8-12-6-4-5-7-12/h12H,3-10H2,1-2H3,(H,19,21)(H,20,22)(H,23,24). The zero-order chi connectivity index (χ0) is 18.4. The second-order valence-electron chi connectivity index (χ2n) is 6.51. The highest BCUT2D eigenvalue weighted by molar-refractivity contribution is 7.16. The predicted octanol–water partition coefficient (Wildman–Crippen LogP) is 3.34. The molecule has 2 amide bonds. The molecule has 1 saturated carbocycles. The number of amides is 2. The summed E-state index contributed by atoms with van der Waals surface area (Å²) in [7, 11) is 0. The normalized spacial score (nSPS) is 14.5. The van der Waals surface area contributed by atoms with E-state index in [-0.39, 0.29) is 18.0 Å². The average molecular weight is 366 g/mol. The molecule has 0 aromatic carbocycles. The van der Waals surface area contributed by atoms with Gasteiger partial charge in [-0.1, -0.05) is 32.6 Å². The Morgan fingerprint density at radius 2 is 1.88 bits per heavy atom. The summed E-state index contributed by atoms with van der Waals surface area (Å²) < 4.78 is 0. The van der Waals surface area contributed by atoms with Gasteiger partial charge in [0.15, 0.2) is 0 Å². The van der Waals surface area contributed by atoms with Crippen molar-refractivity contribution in [3.63, 3.8) is 0 Å². The number of carbonyl (C=O) groups is 3. The largest absolute Gasteiger partial charge is 0.478 e. The van der Waals surface area contributed by atoms with Crippen molar-refractivity contribution in [1.82, 2.24) is 5.32 Å². The van der Waals surface area contributed by atoms with Gasteiger partial charge in [0.25, 0.3) is 0 Å². The van der Waals surface area contributed by atoms with Crippen LogP contribution in [0.5, 0.6) is 0 Å². The number of carboxylic acids is 1. The van der Waals surface area contributed by atoms with E-state index in [2.05, 4.69) is 10.6 Å². The predicted molar refractivity (Wildman–Crippen MR) is 98.2 cm³/mol. The smallest absolute Gasteiger partial charge is 0.339 e. The van der Waals surface area contributed by atoms with E-state index in [1.165, 1.54) is 37.0 Å². The lowest BCUT2D eigenvalue weighted by molar-refractivity contribution is -0.124. The van der Waals surface area contributed by atoms with Crippen LogP contribution in [0.25, 0.3) is 0 Å². The van der Waals surface area contributed by atoms with Crippen molar-refractivity contribution in [3.8, 4) is 0 Å². The van der Waals surface area contributed by atoms with Gasteiger partial charge in [-0.25, -0.2) is 4.79 Å². The van der Waals surface area contributed by atoms with Crippen LogP contribution in [-0.2, 0) is 16.0 Å². The summed E-state index contributed by atoms with van der Waals surface area (Å²) in [4.78, 5) is 36.2. The van der Waals surface area contributed by atoms with Crippen molar-refractivity contribution in [2.45, 2.75) is 58.8 Å². The molecule has 3 N–H and O–H groups in total. The van der Waals surface area contributed by atoms with Crippen LogP contribution in [0.15, 0.2) is 0 Å². The van der Waals surface area contributed by atoms with Crippen molar-refractivity contribution in [2.75, 3.05) is 11.9 Å². The molecule has 0 aliphatic heterocycles.